The lowest BCUT2D eigenvalue weighted by atomic mass is 9.90. The van der Waals surface area contributed by atoms with Gasteiger partial charge in [-0.1, -0.05) is 146 Å². The molecule has 0 aliphatic heterocycles. The van der Waals surface area contributed by atoms with Gasteiger partial charge in [0, 0.05) is 33.6 Å². The van der Waals surface area contributed by atoms with Crippen molar-refractivity contribution in [1.29, 1.82) is 0 Å². The number of hydrogen-bond donors (Lipinski definition) is 0. The fourth-order valence-electron chi connectivity index (χ4n) is 8.45. The normalized spacial score (nSPS) is 11.7. The maximum absolute atomic E-state index is 6.61. The Morgan fingerprint density at radius 3 is 1.72 bits per heavy atom. The standard InChI is InChI=1S/C52H33NO/c1-2-12-34(13-3-1)35-24-26-39(27-25-35)53(40-28-29-47-49-30-36-14-4-5-15-37(36)32-51(49)54-52(47)33-40)50-23-11-21-43-45(20-10-22-46(43)50)48-31-38-16-6-7-17-41(38)42-18-8-9-19-44(42)48/h1-33H. The van der Waals surface area contributed by atoms with E-state index in [0.717, 1.165) is 39.0 Å². The molecule has 0 spiro atoms. The second kappa shape index (κ2) is 12.2. The predicted octanol–water partition coefficient (Wildman–Crippen LogP) is 15.0. The summed E-state index contributed by atoms with van der Waals surface area (Å²) in [5, 5.41) is 12.1. The Labute approximate surface area is 312 Å². The van der Waals surface area contributed by atoms with Gasteiger partial charge in [0.1, 0.15) is 11.2 Å². The summed E-state index contributed by atoms with van der Waals surface area (Å²) in [6, 6.07) is 72.3. The van der Waals surface area contributed by atoms with Gasteiger partial charge in [-0.3, -0.25) is 0 Å². The van der Waals surface area contributed by atoms with E-state index in [-0.39, 0.29) is 0 Å². The maximum Gasteiger partial charge on any atom is 0.137 e. The first-order valence-corrected chi connectivity index (χ1v) is 18.5. The van der Waals surface area contributed by atoms with Gasteiger partial charge < -0.3 is 9.32 Å². The van der Waals surface area contributed by atoms with Crippen LogP contribution in [0.5, 0.6) is 0 Å². The van der Waals surface area contributed by atoms with Gasteiger partial charge in [-0.15, -0.1) is 0 Å². The van der Waals surface area contributed by atoms with E-state index in [1.165, 1.54) is 65.3 Å². The SMILES string of the molecule is c1ccc(-c2ccc(N(c3ccc4c(c3)oc3cc5ccccc5cc34)c3cccc4c(-c5cc6ccccc6c6ccccc56)cccc34)cc2)cc1. The average molecular weight is 688 g/mol. The molecule has 0 saturated heterocycles. The molecule has 0 fully saturated rings. The third kappa shape index (κ3) is 4.88. The van der Waals surface area contributed by atoms with E-state index in [1.54, 1.807) is 0 Å². The summed E-state index contributed by atoms with van der Waals surface area (Å²) in [4.78, 5) is 2.38. The first-order chi connectivity index (χ1) is 26.8. The molecule has 2 heteroatoms. The molecular weight excluding hydrogens is 655 g/mol. The Morgan fingerprint density at radius 2 is 0.889 bits per heavy atom. The fraction of sp³-hybridized carbons (Fsp3) is 0. The molecule has 0 aliphatic rings. The maximum atomic E-state index is 6.61. The molecule has 11 rings (SSSR count). The van der Waals surface area contributed by atoms with Gasteiger partial charge in [0.25, 0.3) is 0 Å². The summed E-state index contributed by atoms with van der Waals surface area (Å²) in [6.45, 7) is 0. The minimum absolute atomic E-state index is 0.868. The van der Waals surface area contributed by atoms with Crippen LogP contribution in [0.4, 0.5) is 17.1 Å². The van der Waals surface area contributed by atoms with Gasteiger partial charge in [-0.2, -0.15) is 0 Å². The highest BCUT2D eigenvalue weighted by molar-refractivity contribution is 6.17. The highest BCUT2D eigenvalue weighted by atomic mass is 16.3. The monoisotopic (exact) mass is 687 g/mol. The number of nitrogens with zero attached hydrogens (tertiary/aromatic N) is 1. The molecule has 0 unspecified atom stereocenters. The molecular formula is C52H33NO. The van der Waals surface area contributed by atoms with E-state index < -0.39 is 0 Å². The lowest BCUT2D eigenvalue weighted by Crippen LogP contribution is -2.10. The lowest BCUT2D eigenvalue weighted by molar-refractivity contribution is 0.669. The summed E-state index contributed by atoms with van der Waals surface area (Å²) in [5.41, 5.74) is 9.82. The van der Waals surface area contributed by atoms with E-state index in [0.29, 0.717) is 0 Å². The molecule has 0 atom stereocenters. The van der Waals surface area contributed by atoms with Crippen LogP contribution in [0.3, 0.4) is 0 Å². The first-order valence-electron chi connectivity index (χ1n) is 18.5. The average Bonchev–Trinajstić information content (AvgIpc) is 3.59. The Kier molecular flexibility index (Phi) is 6.90. The Bertz CT molecular complexity index is 3210. The topological polar surface area (TPSA) is 16.4 Å². The molecule has 2 nitrogen and oxygen atoms in total. The van der Waals surface area contributed by atoms with Crippen molar-refractivity contribution in [1.82, 2.24) is 0 Å². The molecule has 0 amide bonds. The van der Waals surface area contributed by atoms with Crippen LogP contribution >= 0.6 is 0 Å². The van der Waals surface area contributed by atoms with E-state index in [9.17, 15) is 0 Å². The van der Waals surface area contributed by atoms with Crippen molar-refractivity contribution in [3.63, 3.8) is 0 Å². The number of furan rings is 1. The van der Waals surface area contributed by atoms with Gasteiger partial charge in [0.2, 0.25) is 0 Å². The molecule has 0 saturated carbocycles. The number of rotatable bonds is 5. The molecule has 10 aromatic carbocycles. The minimum Gasteiger partial charge on any atom is -0.456 e. The van der Waals surface area contributed by atoms with Gasteiger partial charge in [-0.05, 0) is 108 Å². The van der Waals surface area contributed by atoms with Crippen LogP contribution in [0.1, 0.15) is 0 Å². The first kappa shape index (κ1) is 30.5. The molecule has 0 N–H and O–H groups in total. The van der Waals surface area contributed by atoms with Crippen molar-refractivity contribution in [3.05, 3.63) is 200 Å². The second-order valence-corrected chi connectivity index (χ2v) is 14.1. The van der Waals surface area contributed by atoms with Gasteiger partial charge in [0.05, 0.1) is 5.69 Å². The van der Waals surface area contributed by atoms with Crippen LogP contribution in [-0.2, 0) is 0 Å². The fourth-order valence-corrected chi connectivity index (χ4v) is 8.45. The van der Waals surface area contributed by atoms with Crippen LogP contribution in [0, 0.1) is 0 Å². The molecule has 54 heavy (non-hydrogen) atoms. The molecule has 1 heterocycles. The highest BCUT2D eigenvalue weighted by Crippen LogP contribution is 2.45. The summed E-state index contributed by atoms with van der Waals surface area (Å²) >= 11 is 0. The zero-order chi connectivity index (χ0) is 35.6. The predicted molar refractivity (Wildman–Crippen MR) is 229 cm³/mol. The summed E-state index contributed by atoms with van der Waals surface area (Å²) < 4.78 is 6.61. The number of hydrogen-bond acceptors (Lipinski definition) is 2. The van der Waals surface area contributed by atoms with Crippen molar-refractivity contribution in [2.75, 3.05) is 4.90 Å². The third-order valence-corrected chi connectivity index (χ3v) is 11.0. The molecule has 1 aromatic heterocycles. The Hall–Kier alpha value is -7.16. The lowest BCUT2D eigenvalue weighted by Gasteiger charge is -2.27. The van der Waals surface area contributed by atoms with Crippen molar-refractivity contribution in [2.45, 2.75) is 0 Å². The van der Waals surface area contributed by atoms with Crippen LogP contribution in [0.15, 0.2) is 205 Å². The van der Waals surface area contributed by atoms with Crippen LogP contribution in [0.2, 0.25) is 0 Å². The van der Waals surface area contributed by atoms with Gasteiger partial charge in [0.15, 0.2) is 0 Å². The quantitative estimate of drug-likeness (QED) is 0.168. The van der Waals surface area contributed by atoms with Crippen molar-refractivity contribution in [3.8, 4) is 22.3 Å². The van der Waals surface area contributed by atoms with E-state index >= 15 is 0 Å². The van der Waals surface area contributed by atoms with E-state index in [1.807, 2.05) is 0 Å². The molecule has 0 bridgehead atoms. The molecule has 11 aromatic rings. The summed E-state index contributed by atoms with van der Waals surface area (Å²) in [5.74, 6) is 0. The van der Waals surface area contributed by atoms with E-state index in [2.05, 4.69) is 205 Å². The molecule has 252 valence electrons. The largest absolute Gasteiger partial charge is 0.456 e. The van der Waals surface area contributed by atoms with Crippen molar-refractivity contribution in [2.24, 2.45) is 0 Å². The van der Waals surface area contributed by atoms with Crippen molar-refractivity contribution < 1.29 is 4.42 Å². The summed E-state index contributed by atoms with van der Waals surface area (Å²) in [6.07, 6.45) is 0. The Morgan fingerprint density at radius 1 is 0.296 bits per heavy atom. The third-order valence-electron chi connectivity index (χ3n) is 11.0. The second-order valence-electron chi connectivity index (χ2n) is 14.1. The Balaban J connectivity index is 1.13. The van der Waals surface area contributed by atoms with Crippen molar-refractivity contribution >= 4 is 82.1 Å². The van der Waals surface area contributed by atoms with Gasteiger partial charge >= 0.3 is 0 Å². The smallest absolute Gasteiger partial charge is 0.137 e. The zero-order valence-electron chi connectivity index (χ0n) is 29.4. The number of fused-ring (bicyclic) bond motifs is 8. The van der Waals surface area contributed by atoms with E-state index in [4.69, 9.17) is 4.42 Å². The minimum atomic E-state index is 0.868. The zero-order valence-corrected chi connectivity index (χ0v) is 29.4. The molecule has 0 aliphatic carbocycles. The molecule has 0 radical (unpaired) electrons. The van der Waals surface area contributed by atoms with Gasteiger partial charge in [-0.25, -0.2) is 0 Å². The van der Waals surface area contributed by atoms with Crippen LogP contribution in [-0.4, -0.2) is 0 Å². The highest BCUT2D eigenvalue weighted by Gasteiger charge is 2.20. The summed E-state index contributed by atoms with van der Waals surface area (Å²) in [7, 11) is 0. The van der Waals surface area contributed by atoms with Crippen LogP contribution in [0.25, 0.3) is 87.3 Å². The van der Waals surface area contributed by atoms with Crippen LogP contribution < -0.4 is 4.90 Å². The number of anilines is 3. The number of benzene rings is 10.